The van der Waals surface area contributed by atoms with Crippen molar-refractivity contribution in [2.75, 3.05) is 6.61 Å². The fourth-order valence-corrected chi connectivity index (χ4v) is 3.80. The first-order chi connectivity index (χ1) is 15.1. The van der Waals surface area contributed by atoms with E-state index in [1.807, 2.05) is 54.6 Å². The third kappa shape index (κ3) is 6.91. The van der Waals surface area contributed by atoms with E-state index < -0.39 is 0 Å². The molecule has 0 aliphatic rings. The number of carbonyl (C=O) groups excluding carboxylic acids is 1. The Morgan fingerprint density at radius 2 is 1.71 bits per heavy atom. The van der Waals surface area contributed by atoms with E-state index in [4.69, 9.17) is 17.0 Å². The van der Waals surface area contributed by atoms with Crippen molar-refractivity contribution in [1.82, 2.24) is 10.6 Å². The van der Waals surface area contributed by atoms with Crippen molar-refractivity contribution in [3.8, 4) is 5.75 Å². The van der Waals surface area contributed by atoms with Crippen molar-refractivity contribution >= 4 is 39.2 Å². The Morgan fingerprint density at radius 1 is 1.03 bits per heavy atom. The van der Waals surface area contributed by atoms with Crippen LogP contribution in [0.3, 0.4) is 0 Å². The third-order valence-electron chi connectivity index (χ3n) is 4.82. The fourth-order valence-electron chi connectivity index (χ4n) is 3.20. The van der Waals surface area contributed by atoms with Gasteiger partial charge in [-0.15, -0.1) is 0 Å². The van der Waals surface area contributed by atoms with Crippen molar-refractivity contribution in [2.45, 2.75) is 25.8 Å². The number of rotatable bonds is 8. The molecule has 2 N–H and O–H groups in total. The summed E-state index contributed by atoms with van der Waals surface area (Å²) in [6.45, 7) is 2.54. The van der Waals surface area contributed by atoms with Gasteiger partial charge in [0.15, 0.2) is 5.11 Å². The van der Waals surface area contributed by atoms with Crippen LogP contribution in [-0.4, -0.2) is 17.6 Å². The zero-order valence-corrected chi connectivity index (χ0v) is 19.7. The Kier molecular flexibility index (Phi) is 8.62. The van der Waals surface area contributed by atoms with Crippen molar-refractivity contribution in [2.24, 2.45) is 0 Å². The maximum atomic E-state index is 12.9. The van der Waals surface area contributed by atoms with E-state index in [-0.39, 0.29) is 17.1 Å². The molecule has 3 aromatic carbocycles. The minimum Gasteiger partial charge on any atom is -0.492 e. The predicted molar refractivity (Wildman–Crippen MR) is 132 cm³/mol. The van der Waals surface area contributed by atoms with Crippen LogP contribution in [-0.2, 0) is 6.42 Å². The zero-order chi connectivity index (χ0) is 22.1. The lowest BCUT2D eigenvalue weighted by atomic mass is 10.1. The first-order valence-corrected chi connectivity index (χ1v) is 11.4. The summed E-state index contributed by atoms with van der Waals surface area (Å²) in [5, 5.41) is 6.30. The van der Waals surface area contributed by atoms with Crippen LogP contribution < -0.4 is 15.4 Å². The molecule has 0 aromatic heterocycles. The van der Waals surface area contributed by atoms with Crippen LogP contribution in [0.15, 0.2) is 83.3 Å². The lowest BCUT2D eigenvalue weighted by Crippen LogP contribution is -2.41. The van der Waals surface area contributed by atoms with Gasteiger partial charge in [0, 0.05) is 10.9 Å². The number of ether oxygens (including phenoxy) is 1. The van der Waals surface area contributed by atoms with E-state index in [1.165, 1.54) is 5.56 Å². The summed E-state index contributed by atoms with van der Waals surface area (Å²) in [5.74, 6) is 0.214. The highest BCUT2D eigenvalue weighted by Gasteiger charge is 2.17. The monoisotopic (exact) mass is 496 g/mol. The molecule has 0 radical (unpaired) electrons. The van der Waals surface area contributed by atoms with Crippen molar-refractivity contribution < 1.29 is 9.53 Å². The van der Waals surface area contributed by atoms with Gasteiger partial charge in [-0.2, -0.15) is 0 Å². The normalized spacial score (nSPS) is 11.4. The second-order valence-corrected chi connectivity index (χ2v) is 8.35. The summed E-state index contributed by atoms with van der Waals surface area (Å²) in [4.78, 5) is 12.9. The number of nitrogens with one attached hydrogen (secondary N) is 2. The van der Waals surface area contributed by atoms with E-state index in [1.54, 1.807) is 12.1 Å². The molecule has 0 spiro atoms. The summed E-state index contributed by atoms with van der Waals surface area (Å²) in [7, 11) is 0. The zero-order valence-electron chi connectivity index (χ0n) is 17.3. The Bertz CT molecular complexity index is 1010. The molecule has 0 saturated heterocycles. The Balaban J connectivity index is 1.63. The quantitative estimate of drug-likeness (QED) is 0.385. The van der Waals surface area contributed by atoms with Crippen molar-refractivity contribution in [3.63, 3.8) is 0 Å². The molecule has 0 fully saturated rings. The van der Waals surface area contributed by atoms with Crippen LogP contribution in [0.4, 0.5) is 0 Å². The molecule has 1 atom stereocenters. The Labute approximate surface area is 197 Å². The molecule has 3 aromatic rings. The van der Waals surface area contributed by atoms with Gasteiger partial charge in [0.1, 0.15) is 5.75 Å². The standard InChI is InChI=1S/C25H25BrN2O2S/c1-2-22(19-11-7-4-8-12-19)27-25(31)28-24(29)21-17-20(26)13-14-23(21)30-16-15-18-9-5-3-6-10-18/h3-14,17,22H,2,15-16H2,1H3,(H2,27,28,29,31). The second kappa shape index (κ2) is 11.6. The maximum Gasteiger partial charge on any atom is 0.261 e. The number of hydrogen-bond acceptors (Lipinski definition) is 3. The fraction of sp³-hybridized carbons (Fsp3) is 0.200. The van der Waals surface area contributed by atoms with E-state index in [2.05, 4.69) is 45.6 Å². The van der Waals surface area contributed by atoms with Gasteiger partial charge in [0.05, 0.1) is 18.2 Å². The summed E-state index contributed by atoms with van der Waals surface area (Å²) >= 11 is 8.84. The molecule has 0 bridgehead atoms. The first kappa shape index (κ1) is 23.0. The number of carbonyl (C=O) groups is 1. The number of hydrogen-bond donors (Lipinski definition) is 2. The van der Waals surface area contributed by atoms with Crippen LogP contribution in [0.1, 0.15) is 40.9 Å². The van der Waals surface area contributed by atoms with E-state index in [9.17, 15) is 4.79 Å². The van der Waals surface area contributed by atoms with Crippen LogP contribution in [0.2, 0.25) is 0 Å². The molecule has 0 saturated carbocycles. The van der Waals surface area contributed by atoms with Crippen LogP contribution >= 0.6 is 28.1 Å². The molecule has 1 amide bonds. The smallest absolute Gasteiger partial charge is 0.261 e. The molecule has 1 unspecified atom stereocenters. The lowest BCUT2D eigenvalue weighted by Gasteiger charge is -2.20. The molecular weight excluding hydrogens is 472 g/mol. The third-order valence-corrected chi connectivity index (χ3v) is 5.53. The molecular formula is C25H25BrN2O2S. The average molecular weight is 497 g/mol. The number of benzene rings is 3. The van der Waals surface area contributed by atoms with Crippen molar-refractivity contribution in [3.05, 3.63) is 100 Å². The molecule has 3 rings (SSSR count). The molecule has 0 aliphatic carbocycles. The van der Waals surface area contributed by atoms with Gasteiger partial charge in [-0.25, -0.2) is 0 Å². The lowest BCUT2D eigenvalue weighted by molar-refractivity contribution is 0.0972. The van der Waals surface area contributed by atoms with Gasteiger partial charge in [0.25, 0.3) is 5.91 Å². The highest BCUT2D eigenvalue weighted by Crippen LogP contribution is 2.24. The average Bonchev–Trinajstić information content (AvgIpc) is 2.79. The minimum atomic E-state index is -0.309. The topological polar surface area (TPSA) is 50.4 Å². The molecule has 0 aliphatic heterocycles. The summed E-state index contributed by atoms with van der Waals surface area (Å²) in [6, 6.07) is 25.5. The van der Waals surface area contributed by atoms with Gasteiger partial charge in [-0.1, -0.05) is 83.5 Å². The predicted octanol–water partition coefficient (Wildman–Crippen LogP) is 5.83. The van der Waals surface area contributed by atoms with E-state index in [0.717, 1.165) is 22.9 Å². The second-order valence-electron chi connectivity index (χ2n) is 7.02. The molecule has 0 heterocycles. The first-order valence-electron chi connectivity index (χ1n) is 10.2. The van der Waals surface area contributed by atoms with E-state index >= 15 is 0 Å². The van der Waals surface area contributed by atoms with Gasteiger partial charge in [-0.05, 0) is 48.0 Å². The van der Waals surface area contributed by atoms with Crippen LogP contribution in [0.5, 0.6) is 5.75 Å². The van der Waals surface area contributed by atoms with Gasteiger partial charge >= 0.3 is 0 Å². The summed E-state index contributed by atoms with van der Waals surface area (Å²) < 4.78 is 6.72. The van der Waals surface area contributed by atoms with Gasteiger partial charge in [-0.3, -0.25) is 10.1 Å². The summed E-state index contributed by atoms with van der Waals surface area (Å²) in [6.07, 6.45) is 1.60. The van der Waals surface area contributed by atoms with Crippen LogP contribution in [0, 0.1) is 0 Å². The molecule has 160 valence electrons. The molecule has 31 heavy (non-hydrogen) atoms. The van der Waals surface area contributed by atoms with E-state index in [0.29, 0.717) is 17.9 Å². The summed E-state index contributed by atoms with van der Waals surface area (Å²) in [5.41, 5.74) is 2.73. The number of amides is 1. The van der Waals surface area contributed by atoms with Crippen LogP contribution in [0.25, 0.3) is 0 Å². The maximum absolute atomic E-state index is 12.9. The SMILES string of the molecule is CCC(NC(=S)NC(=O)c1cc(Br)ccc1OCCc1ccccc1)c1ccccc1. The van der Waals surface area contributed by atoms with Crippen molar-refractivity contribution in [1.29, 1.82) is 0 Å². The van der Waals surface area contributed by atoms with Gasteiger partial charge < -0.3 is 10.1 Å². The Morgan fingerprint density at radius 3 is 2.39 bits per heavy atom. The van der Waals surface area contributed by atoms with Gasteiger partial charge in [0.2, 0.25) is 0 Å². The highest BCUT2D eigenvalue weighted by molar-refractivity contribution is 9.10. The number of halogens is 1. The largest absolute Gasteiger partial charge is 0.492 e. The Hall–Kier alpha value is -2.70. The molecule has 6 heteroatoms. The highest BCUT2D eigenvalue weighted by atomic mass is 79.9. The number of thiocarbonyl (C=S) groups is 1. The minimum absolute atomic E-state index is 0.0260. The molecule has 4 nitrogen and oxygen atoms in total.